The number of H-pyrrole nitrogens is 1. The van der Waals surface area contributed by atoms with Crippen LogP contribution in [0.4, 0.5) is 0 Å². The van der Waals surface area contributed by atoms with Crippen LogP contribution in [0.2, 0.25) is 0 Å². The molecule has 0 aliphatic heterocycles. The molecule has 2 aromatic carbocycles. The topological polar surface area (TPSA) is 48.9 Å². The van der Waals surface area contributed by atoms with Crippen molar-refractivity contribution in [1.82, 2.24) is 9.97 Å². The number of aromatic hydroxyl groups is 1. The summed E-state index contributed by atoms with van der Waals surface area (Å²) in [6.45, 7) is 0. The van der Waals surface area contributed by atoms with Gasteiger partial charge in [0.1, 0.15) is 5.75 Å². The molecule has 0 aliphatic rings. The lowest BCUT2D eigenvalue weighted by Crippen LogP contribution is -1.91. The SMILES string of the molecule is Oc1ccccc1-c1cc(-c2ccc(Br)cc2)nc(=S)[nH]1. The third kappa shape index (κ3) is 3.04. The van der Waals surface area contributed by atoms with Crippen LogP contribution in [-0.2, 0) is 0 Å². The van der Waals surface area contributed by atoms with Gasteiger partial charge in [-0.25, -0.2) is 4.98 Å². The molecular formula is C16H11BrN2OS. The molecule has 2 N–H and O–H groups in total. The van der Waals surface area contributed by atoms with E-state index >= 15 is 0 Å². The van der Waals surface area contributed by atoms with E-state index in [-0.39, 0.29) is 5.75 Å². The van der Waals surface area contributed by atoms with Crippen molar-refractivity contribution in [3.63, 3.8) is 0 Å². The van der Waals surface area contributed by atoms with Crippen LogP contribution >= 0.6 is 28.1 Å². The van der Waals surface area contributed by atoms with Crippen molar-refractivity contribution in [2.75, 3.05) is 0 Å². The molecule has 1 heterocycles. The summed E-state index contributed by atoms with van der Waals surface area (Å²) < 4.78 is 1.39. The first kappa shape index (κ1) is 14.0. The molecule has 0 saturated heterocycles. The lowest BCUT2D eigenvalue weighted by Gasteiger charge is -2.07. The highest BCUT2D eigenvalue weighted by molar-refractivity contribution is 9.10. The quantitative estimate of drug-likeness (QED) is 0.637. The van der Waals surface area contributed by atoms with Crippen LogP contribution < -0.4 is 0 Å². The molecule has 0 amide bonds. The first-order valence-electron chi connectivity index (χ1n) is 6.29. The Balaban J connectivity index is 2.15. The molecule has 0 unspecified atom stereocenters. The Hall–Kier alpha value is -1.98. The van der Waals surface area contributed by atoms with Crippen molar-refractivity contribution in [2.24, 2.45) is 0 Å². The normalized spacial score (nSPS) is 10.5. The van der Waals surface area contributed by atoms with E-state index in [0.717, 1.165) is 21.4 Å². The largest absolute Gasteiger partial charge is 0.507 e. The Bertz CT molecular complexity index is 843. The van der Waals surface area contributed by atoms with Crippen LogP contribution in [0.1, 0.15) is 0 Å². The van der Waals surface area contributed by atoms with Crippen molar-refractivity contribution >= 4 is 28.1 Å². The molecule has 0 spiro atoms. The van der Waals surface area contributed by atoms with Gasteiger partial charge >= 0.3 is 0 Å². The standard InChI is InChI=1S/C16H11BrN2OS/c17-11-7-5-10(6-8-11)13-9-14(19-16(21)18-13)12-3-1-2-4-15(12)20/h1-9,20H,(H,18,19,21). The lowest BCUT2D eigenvalue weighted by molar-refractivity contribution is 0.477. The van der Waals surface area contributed by atoms with E-state index < -0.39 is 0 Å². The highest BCUT2D eigenvalue weighted by atomic mass is 79.9. The second-order valence-corrected chi connectivity index (χ2v) is 5.81. The molecule has 0 aliphatic carbocycles. The minimum Gasteiger partial charge on any atom is -0.507 e. The lowest BCUT2D eigenvalue weighted by atomic mass is 10.1. The van der Waals surface area contributed by atoms with E-state index in [1.165, 1.54) is 0 Å². The second-order valence-electron chi connectivity index (χ2n) is 4.51. The fraction of sp³-hybridized carbons (Fsp3) is 0. The summed E-state index contributed by atoms with van der Waals surface area (Å²) in [7, 11) is 0. The number of rotatable bonds is 2. The maximum atomic E-state index is 9.97. The monoisotopic (exact) mass is 358 g/mol. The van der Waals surface area contributed by atoms with E-state index in [2.05, 4.69) is 25.9 Å². The molecule has 0 saturated carbocycles. The average Bonchev–Trinajstić information content (AvgIpc) is 2.48. The molecule has 0 fully saturated rings. The molecule has 0 radical (unpaired) electrons. The first-order chi connectivity index (χ1) is 10.1. The van der Waals surface area contributed by atoms with E-state index in [4.69, 9.17) is 12.2 Å². The first-order valence-corrected chi connectivity index (χ1v) is 7.49. The number of aromatic amines is 1. The number of phenols is 1. The number of nitrogens with one attached hydrogen (secondary N) is 1. The second kappa shape index (κ2) is 5.79. The number of para-hydroxylation sites is 1. The van der Waals surface area contributed by atoms with Gasteiger partial charge in [-0.15, -0.1) is 0 Å². The van der Waals surface area contributed by atoms with Gasteiger partial charge in [0.15, 0.2) is 4.77 Å². The molecule has 3 nitrogen and oxygen atoms in total. The molecular weight excluding hydrogens is 348 g/mol. The molecule has 104 valence electrons. The highest BCUT2D eigenvalue weighted by Gasteiger charge is 2.07. The Morgan fingerprint density at radius 2 is 1.76 bits per heavy atom. The van der Waals surface area contributed by atoms with Crippen LogP contribution in [0.15, 0.2) is 59.1 Å². The van der Waals surface area contributed by atoms with Gasteiger partial charge in [-0.05, 0) is 42.5 Å². The third-order valence-corrected chi connectivity index (χ3v) is 3.80. The number of hydrogen-bond acceptors (Lipinski definition) is 3. The Kier molecular flexibility index (Phi) is 3.86. The van der Waals surface area contributed by atoms with E-state index in [1.807, 2.05) is 42.5 Å². The minimum atomic E-state index is 0.205. The Morgan fingerprint density at radius 3 is 2.48 bits per heavy atom. The summed E-state index contributed by atoms with van der Waals surface area (Å²) in [6, 6.07) is 16.9. The van der Waals surface area contributed by atoms with Gasteiger partial charge in [-0.2, -0.15) is 0 Å². The molecule has 21 heavy (non-hydrogen) atoms. The van der Waals surface area contributed by atoms with Crippen LogP contribution in [0.5, 0.6) is 5.75 Å². The predicted octanol–water partition coefficient (Wildman–Crippen LogP) is 4.94. The number of phenolic OH excluding ortho intramolecular Hbond substituents is 1. The maximum absolute atomic E-state index is 9.97. The average molecular weight is 359 g/mol. The zero-order chi connectivity index (χ0) is 14.8. The van der Waals surface area contributed by atoms with Gasteiger partial charge in [-0.3, -0.25) is 0 Å². The van der Waals surface area contributed by atoms with Crippen molar-refractivity contribution in [2.45, 2.75) is 0 Å². The summed E-state index contributed by atoms with van der Waals surface area (Å²) in [5.41, 5.74) is 3.18. The van der Waals surface area contributed by atoms with E-state index in [0.29, 0.717) is 10.3 Å². The van der Waals surface area contributed by atoms with Crippen LogP contribution in [0.3, 0.4) is 0 Å². The smallest absolute Gasteiger partial charge is 0.197 e. The highest BCUT2D eigenvalue weighted by Crippen LogP contribution is 2.29. The van der Waals surface area contributed by atoms with Gasteiger partial charge in [0.05, 0.1) is 11.4 Å². The summed E-state index contributed by atoms with van der Waals surface area (Å²) in [5, 5.41) is 9.97. The fourth-order valence-electron chi connectivity index (χ4n) is 2.07. The minimum absolute atomic E-state index is 0.205. The molecule has 3 aromatic rings. The molecule has 3 rings (SSSR count). The van der Waals surface area contributed by atoms with Gasteiger partial charge in [-0.1, -0.05) is 40.2 Å². The number of nitrogens with zero attached hydrogens (tertiary/aromatic N) is 1. The molecule has 5 heteroatoms. The van der Waals surface area contributed by atoms with Crippen molar-refractivity contribution < 1.29 is 5.11 Å². The Morgan fingerprint density at radius 1 is 1.05 bits per heavy atom. The molecule has 0 atom stereocenters. The number of aromatic nitrogens is 2. The zero-order valence-electron chi connectivity index (χ0n) is 10.9. The van der Waals surface area contributed by atoms with Crippen molar-refractivity contribution in [3.8, 4) is 28.3 Å². The van der Waals surface area contributed by atoms with Crippen LogP contribution in [0.25, 0.3) is 22.5 Å². The molecule has 0 bridgehead atoms. The van der Waals surface area contributed by atoms with Crippen LogP contribution in [0, 0.1) is 4.77 Å². The van der Waals surface area contributed by atoms with E-state index in [9.17, 15) is 5.11 Å². The third-order valence-electron chi connectivity index (χ3n) is 3.08. The van der Waals surface area contributed by atoms with Gasteiger partial charge in [0.2, 0.25) is 0 Å². The van der Waals surface area contributed by atoms with Gasteiger partial charge < -0.3 is 10.1 Å². The van der Waals surface area contributed by atoms with Crippen molar-refractivity contribution in [1.29, 1.82) is 0 Å². The predicted molar refractivity (Wildman–Crippen MR) is 89.7 cm³/mol. The zero-order valence-corrected chi connectivity index (χ0v) is 13.3. The Labute approximate surface area is 135 Å². The summed E-state index contributed by atoms with van der Waals surface area (Å²) in [6.07, 6.45) is 0. The van der Waals surface area contributed by atoms with Gasteiger partial charge in [0, 0.05) is 15.6 Å². The van der Waals surface area contributed by atoms with Crippen LogP contribution in [-0.4, -0.2) is 15.1 Å². The number of benzene rings is 2. The summed E-state index contributed by atoms with van der Waals surface area (Å²) >= 11 is 8.61. The van der Waals surface area contributed by atoms with Crippen molar-refractivity contribution in [3.05, 3.63) is 63.8 Å². The fourth-order valence-corrected chi connectivity index (χ4v) is 2.55. The molecule has 1 aromatic heterocycles. The summed E-state index contributed by atoms with van der Waals surface area (Å²) in [4.78, 5) is 7.37. The van der Waals surface area contributed by atoms with E-state index in [1.54, 1.807) is 12.1 Å². The number of halogens is 1. The summed E-state index contributed by atoms with van der Waals surface area (Å²) in [5.74, 6) is 0.205. The maximum Gasteiger partial charge on any atom is 0.197 e. The number of hydrogen-bond donors (Lipinski definition) is 2. The van der Waals surface area contributed by atoms with Gasteiger partial charge in [0.25, 0.3) is 0 Å².